The number of ether oxygens (including phenoxy) is 1. The third-order valence-electron chi connectivity index (χ3n) is 6.01. The van der Waals surface area contributed by atoms with Gasteiger partial charge in [-0.3, -0.25) is 4.40 Å². The Bertz CT molecular complexity index is 1270. The molecule has 0 spiro atoms. The average Bonchev–Trinajstić information content (AvgIpc) is 3.25. The van der Waals surface area contributed by atoms with Gasteiger partial charge in [0.25, 0.3) is 0 Å². The molecule has 166 valence electrons. The van der Waals surface area contributed by atoms with E-state index in [0.29, 0.717) is 22.9 Å². The van der Waals surface area contributed by atoms with Gasteiger partial charge in [0.1, 0.15) is 11.3 Å². The van der Waals surface area contributed by atoms with Gasteiger partial charge < -0.3 is 20.3 Å². The minimum absolute atomic E-state index is 0.392. The Hall–Kier alpha value is -3.03. The van der Waals surface area contributed by atoms with E-state index in [0.717, 1.165) is 52.3 Å². The maximum Gasteiger partial charge on any atom is 0.157 e. The molecular weight excluding hydrogens is 424 g/mol. The molecule has 5 rings (SSSR count). The normalized spacial score (nSPS) is 19.0. The summed E-state index contributed by atoms with van der Waals surface area (Å²) < 4.78 is 7.84. The van der Waals surface area contributed by atoms with Crippen molar-refractivity contribution in [2.45, 2.75) is 32.9 Å². The molecule has 2 aromatic heterocycles. The van der Waals surface area contributed by atoms with Crippen molar-refractivity contribution in [3.8, 4) is 5.75 Å². The van der Waals surface area contributed by atoms with Gasteiger partial charge in [-0.05, 0) is 38.5 Å². The zero-order valence-corrected chi connectivity index (χ0v) is 19.4. The molecule has 1 aliphatic heterocycles. The van der Waals surface area contributed by atoms with Crippen LogP contribution in [0.4, 0.5) is 17.2 Å². The molecule has 1 saturated heterocycles. The number of piperazine rings is 1. The largest absolute Gasteiger partial charge is 0.495 e. The van der Waals surface area contributed by atoms with E-state index >= 15 is 0 Å². The Morgan fingerprint density at radius 3 is 2.66 bits per heavy atom. The number of methoxy groups -OCH3 is 1. The fraction of sp³-hybridized carbons (Fsp3) is 0.333. The van der Waals surface area contributed by atoms with Crippen molar-refractivity contribution < 1.29 is 4.74 Å². The Kier molecular flexibility index (Phi) is 5.31. The number of imidazole rings is 1. The van der Waals surface area contributed by atoms with Crippen LogP contribution in [-0.4, -0.2) is 46.7 Å². The monoisotopic (exact) mass is 450 g/mol. The van der Waals surface area contributed by atoms with E-state index < -0.39 is 0 Å². The van der Waals surface area contributed by atoms with E-state index in [9.17, 15) is 0 Å². The van der Waals surface area contributed by atoms with Crippen LogP contribution in [-0.2, 0) is 0 Å². The van der Waals surface area contributed by atoms with Crippen molar-refractivity contribution in [2.24, 2.45) is 0 Å². The first kappa shape index (κ1) is 20.8. The van der Waals surface area contributed by atoms with E-state index in [2.05, 4.69) is 40.4 Å². The molecule has 7 nitrogen and oxygen atoms in total. The number of aryl methyl sites for hydroxylation is 1. The first-order chi connectivity index (χ1) is 15.4. The lowest BCUT2D eigenvalue weighted by molar-refractivity contribution is 0.391. The van der Waals surface area contributed by atoms with Gasteiger partial charge >= 0.3 is 0 Å². The SMILES string of the molecule is COc1cc2c(cc1N1C[C@@H](C)N[C@@H](C)C1)nc(Nc1c(C)cccc1Cl)c1cncn12. The van der Waals surface area contributed by atoms with Crippen LogP contribution in [0.3, 0.4) is 0 Å². The molecule has 0 aliphatic carbocycles. The van der Waals surface area contributed by atoms with Crippen LogP contribution >= 0.6 is 11.6 Å². The standard InChI is InChI=1S/C24H27ClN6O/c1-14-6-5-7-17(25)23(14)29-24-21-10-26-13-31(21)19-9-22(32-4)20(8-18(19)28-24)30-11-15(2)27-16(3)12-30/h5-10,13,15-16,27H,11-12H2,1-4H3,(H,28,29)/t15-,16+. The molecule has 0 unspecified atom stereocenters. The Labute approximate surface area is 192 Å². The highest BCUT2D eigenvalue weighted by Gasteiger charge is 2.24. The summed E-state index contributed by atoms with van der Waals surface area (Å²) >= 11 is 6.47. The van der Waals surface area contributed by atoms with Crippen molar-refractivity contribution >= 4 is 45.3 Å². The van der Waals surface area contributed by atoms with Crippen molar-refractivity contribution in [1.82, 2.24) is 19.7 Å². The topological polar surface area (TPSA) is 66.7 Å². The molecule has 0 bridgehead atoms. The van der Waals surface area contributed by atoms with Crippen LogP contribution in [0, 0.1) is 6.92 Å². The predicted octanol–water partition coefficient (Wildman–Crippen LogP) is 4.78. The molecular formula is C24H27ClN6O. The lowest BCUT2D eigenvalue weighted by Crippen LogP contribution is -2.54. The Morgan fingerprint density at radius 1 is 1.16 bits per heavy atom. The van der Waals surface area contributed by atoms with Crippen LogP contribution in [0.15, 0.2) is 42.9 Å². The fourth-order valence-electron chi connectivity index (χ4n) is 4.60. The molecule has 2 N–H and O–H groups in total. The number of para-hydroxylation sites is 1. The number of aromatic nitrogens is 3. The van der Waals surface area contributed by atoms with Gasteiger partial charge in [0, 0.05) is 31.2 Å². The van der Waals surface area contributed by atoms with Crippen LogP contribution in [0.2, 0.25) is 5.02 Å². The van der Waals surface area contributed by atoms with E-state index in [1.807, 2.05) is 35.6 Å². The molecule has 1 aliphatic rings. The maximum atomic E-state index is 6.47. The van der Waals surface area contributed by atoms with Gasteiger partial charge in [-0.15, -0.1) is 0 Å². The number of nitrogens with zero attached hydrogens (tertiary/aromatic N) is 4. The summed E-state index contributed by atoms with van der Waals surface area (Å²) in [6.07, 6.45) is 3.61. The molecule has 1 fully saturated rings. The van der Waals surface area contributed by atoms with Gasteiger partial charge in [0.15, 0.2) is 5.82 Å². The first-order valence-electron chi connectivity index (χ1n) is 10.8. The van der Waals surface area contributed by atoms with Crippen LogP contribution in [0.1, 0.15) is 19.4 Å². The van der Waals surface area contributed by atoms with E-state index in [1.54, 1.807) is 19.6 Å². The highest BCUT2D eigenvalue weighted by atomic mass is 35.5. The summed E-state index contributed by atoms with van der Waals surface area (Å²) in [6.45, 7) is 8.25. The number of benzene rings is 2. The molecule has 0 amide bonds. The van der Waals surface area contributed by atoms with Gasteiger partial charge in [-0.1, -0.05) is 23.7 Å². The van der Waals surface area contributed by atoms with Crippen LogP contribution in [0.25, 0.3) is 16.6 Å². The van der Waals surface area contributed by atoms with Gasteiger partial charge in [0.05, 0.1) is 47.1 Å². The molecule has 32 heavy (non-hydrogen) atoms. The number of halogens is 1. The minimum Gasteiger partial charge on any atom is -0.495 e. The summed E-state index contributed by atoms with van der Waals surface area (Å²) in [6, 6.07) is 10.8. The Balaban J connectivity index is 1.67. The summed E-state index contributed by atoms with van der Waals surface area (Å²) in [7, 11) is 1.72. The van der Waals surface area contributed by atoms with Crippen LogP contribution < -0.4 is 20.3 Å². The number of rotatable bonds is 4. The summed E-state index contributed by atoms with van der Waals surface area (Å²) in [5.41, 5.74) is 5.62. The second kappa shape index (κ2) is 8.15. The quantitative estimate of drug-likeness (QED) is 0.466. The van der Waals surface area contributed by atoms with Crippen molar-refractivity contribution in [2.75, 3.05) is 30.4 Å². The number of hydrogen-bond donors (Lipinski definition) is 2. The van der Waals surface area contributed by atoms with Crippen LogP contribution in [0.5, 0.6) is 5.75 Å². The lowest BCUT2D eigenvalue weighted by atomic mass is 10.1. The molecule has 2 atom stereocenters. The molecule has 8 heteroatoms. The van der Waals surface area contributed by atoms with Crippen molar-refractivity contribution in [1.29, 1.82) is 0 Å². The summed E-state index contributed by atoms with van der Waals surface area (Å²) in [5, 5.41) is 7.69. The van der Waals surface area contributed by atoms with Crippen molar-refractivity contribution in [3.05, 3.63) is 53.4 Å². The average molecular weight is 451 g/mol. The third kappa shape index (κ3) is 3.61. The number of fused-ring (bicyclic) bond motifs is 3. The number of nitrogens with one attached hydrogen (secondary N) is 2. The van der Waals surface area contributed by atoms with E-state index in [1.165, 1.54) is 0 Å². The van der Waals surface area contributed by atoms with E-state index in [-0.39, 0.29) is 0 Å². The second-order valence-corrected chi connectivity index (χ2v) is 8.96. The highest BCUT2D eigenvalue weighted by Crippen LogP contribution is 2.36. The van der Waals surface area contributed by atoms with Gasteiger partial charge in [0.2, 0.25) is 0 Å². The zero-order chi connectivity index (χ0) is 22.4. The summed E-state index contributed by atoms with van der Waals surface area (Å²) in [4.78, 5) is 11.7. The zero-order valence-electron chi connectivity index (χ0n) is 18.7. The van der Waals surface area contributed by atoms with Crippen molar-refractivity contribution in [3.63, 3.8) is 0 Å². The smallest absolute Gasteiger partial charge is 0.157 e. The Morgan fingerprint density at radius 2 is 1.94 bits per heavy atom. The molecule has 0 radical (unpaired) electrons. The number of anilines is 3. The molecule has 2 aromatic carbocycles. The molecule has 0 saturated carbocycles. The summed E-state index contributed by atoms with van der Waals surface area (Å²) in [5.74, 6) is 1.54. The third-order valence-corrected chi connectivity index (χ3v) is 6.33. The maximum absolute atomic E-state index is 6.47. The van der Waals surface area contributed by atoms with Gasteiger partial charge in [-0.25, -0.2) is 9.97 Å². The van der Waals surface area contributed by atoms with Gasteiger partial charge in [-0.2, -0.15) is 0 Å². The second-order valence-electron chi connectivity index (χ2n) is 8.55. The lowest BCUT2D eigenvalue weighted by Gasteiger charge is -2.38. The minimum atomic E-state index is 0.392. The molecule has 4 aromatic rings. The molecule has 3 heterocycles. The fourth-order valence-corrected chi connectivity index (χ4v) is 4.87. The predicted molar refractivity (Wildman–Crippen MR) is 131 cm³/mol. The number of hydrogen-bond acceptors (Lipinski definition) is 6. The van der Waals surface area contributed by atoms with E-state index in [4.69, 9.17) is 21.3 Å². The highest BCUT2D eigenvalue weighted by molar-refractivity contribution is 6.33. The first-order valence-corrected chi connectivity index (χ1v) is 11.2.